The normalized spacial score (nSPS) is 12.1. The van der Waals surface area contributed by atoms with Crippen molar-refractivity contribution in [2.75, 3.05) is 0 Å². The van der Waals surface area contributed by atoms with Crippen molar-refractivity contribution in [3.05, 3.63) is 39.5 Å². The molecule has 1 amide bonds. The van der Waals surface area contributed by atoms with Gasteiger partial charge in [0.15, 0.2) is 6.04 Å². The second kappa shape index (κ2) is 4.15. The third-order valence-corrected chi connectivity index (χ3v) is 1.79. The summed E-state index contributed by atoms with van der Waals surface area (Å²) in [7, 11) is 0. The Morgan fingerprint density at radius 3 is 2.57 bits per heavy atom. The molecule has 74 valence electrons. The van der Waals surface area contributed by atoms with Gasteiger partial charge in [0.2, 0.25) is 0 Å². The van der Waals surface area contributed by atoms with E-state index in [9.17, 15) is 14.1 Å². The fourth-order valence-electron chi connectivity index (χ4n) is 1.01. The molecule has 1 rings (SSSR count). The number of carbonyl (C=O) groups excluding carboxylic acids is 1. The van der Waals surface area contributed by atoms with E-state index in [2.05, 4.69) is 5.18 Å². The molecule has 0 radical (unpaired) electrons. The van der Waals surface area contributed by atoms with Gasteiger partial charge in [-0.15, -0.1) is 4.91 Å². The SMILES string of the molecule is NC(=O)C(N=O)c1cc(F)cc(Cl)c1. The molecule has 0 aliphatic rings. The predicted octanol–water partition coefficient (Wildman–Crippen LogP) is 1.77. The van der Waals surface area contributed by atoms with Crippen LogP contribution < -0.4 is 5.73 Å². The molecule has 1 aromatic carbocycles. The van der Waals surface area contributed by atoms with Gasteiger partial charge in [0, 0.05) is 5.02 Å². The first kappa shape index (κ1) is 10.6. The summed E-state index contributed by atoms with van der Waals surface area (Å²) >= 11 is 5.52. The Labute approximate surface area is 83.8 Å². The number of benzene rings is 1. The maximum Gasteiger partial charge on any atom is 0.250 e. The van der Waals surface area contributed by atoms with Crippen LogP contribution in [0.15, 0.2) is 23.4 Å². The van der Waals surface area contributed by atoms with Crippen molar-refractivity contribution in [2.24, 2.45) is 10.9 Å². The number of nitroso groups, excluding NO2 is 1. The van der Waals surface area contributed by atoms with Crippen LogP contribution in [0.4, 0.5) is 4.39 Å². The molecule has 0 aromatic heterocycles. The first-order valence-electron chi connectivity index (χ1n) is 3.62. The molecule has 1 atom stereocenters. The van der Waals surface area contributed by atoms with E-state index in [1.807, 2.05) is 0 Å². The maximum atomic E-state index is 12.8. The zero-order valence-corrected chi connectivity index (χ0v) is 7.66. The minimum absolute atomic E-state index is 0.0532. The molecule has 1 unspecified atom stereocenters. The second-order valence-electron chi connectivity index (χ2n) is 2.61. The van der Waals surface area contributed by atoms with Crippen molar-refractivity contribution in [3.8, 4) is 0 Å². The summed E-state index contributed by atoms with van der Waals surface area (Å²) in [5, 5.41) is 2.57. The minimum Gasteiger partial charge on any atom is -0.367 e. The maximum absolute atomic E-state index is 12.8. The molecule has 0 fully saturated rings. The fraction of sp³-hybridized carbons (Fsp3) is 0.125. The Hall–Kier alpha value is -1.49. The van der Waals surface area contributed by atoms with Crippen LogP contribution in [0.3, 0.4) is 0 Å². The molecule has 0 spiro atoms. The highest BCUT2D eigenvalue weighted by molar-refractivity contribution is 6.30. The minimum atomic E-state index is -1.40. The average Bonchev–Trinajstić information content (AvgIpc) is 2.02. The zero-order valence-electron chi connectivity index (χ0n) is 6.91. The van der Waals surface area contributed by atoms with E-state index in [0.29, 0.717) is 0 Å². The number of hydrogen-bond donors (Lipinski definition) is 1. The summed E-state index contributed by atoms with van der Waals surface area (Å²) in [6.07, 6.45) is 0. The quantitative estimate of drug-likeness (QED) is 0.782. The number of nitrogens with two attached hydrogens (primary N) is 1. The predicted molar refractivity (Wildman–Crippen MR) is 49.1 cm³/mol. The topological polar surface area (TPSA) is 72.5 Å². The van der Waals surface area contributed by atoms with Gasteiger partial charge in [0.25, 0.3) is 5.91 Å². The van der Waals surface area contributed by atoms with Crippen molar-refractivity contribution < 1.29 is 9.18 Å². The van der Waals surface area contributed by atoms with E-state index in [0.717, 1.165) is 12.1 Å². The first-order valence-corrected chi connectivity index (χ1v) is 4.00. The molecule has 2 N–H and O–H groups in total. The Morgan fingerprint density at radius 2 is 2.14 bits per heavy atom. The molecular weight excluding hydrogens is 211 g/mol. The molecule has 0 bridgehead atoms. The zero-order chi connectivity index (χ0) is 10.7. The first-order chi connectivity index (χ1) is 6.54. The Morgan fingerprint density at radius 1 is 1.50 bits per heavy atom. The lowest BCUT2D eigenvalue weighted by Gasteiger charge is -2.05. The number of nitrogens with zero attached hydrogens (tertiary/aromatic N) is 1. The third-order valence-electron chi connectivity index (χ3n) is 1.58. The van der Waals surface area contributed by atoms with Crippen LogP contribution in [-0.2, 0) is 4.79 Å². The summed E-state index contributed by atoms with van der Waals surface area (Å²) in [5.74, 6) is -1.59. The fourth-order valence-corrected chi connectivity index (χ4v) is 1.24. The lowest BCUT2D eigenvalue weighted by molar-refractivity contribution is -0.119. The van der Waals surface area contributed by atoms with E-state index in [-0.39, 0.29) is 10.6 Å². The third kappa shape index (κ3) is 2.26. The van der Waals surface area contributed by atoms with Crippen molar-refractivity contribution in [1.29, 1.82) is 0 Å². The van der Waals surface area contributed by atoms with Gasteiger partial charge in [-0.2, -0.15) is 0 Å². The summed E-state index contributed by atoms with van der Waals surface area (Å²) in [4.78, 5) is 21.0. The molecule has 0 heterocycles. The van der Waals surface area contributed by atoms with Crippen LogP contribution in [0.5, 0.6) is 0 Å². The molecule has 14 heavy (non-hydrogen) atoms. The molecule has 1 aromatic rings. The van der Waals surface area contributed by atoms with Crippen LogP contribution in [0, 0.1) is 10.7 Å². The van der Waals surface area contributed by atoms with Crippen LogP contribution >= 0.6 is 11.6 Å². The molecule has 0 aliphatic heterocycles. The Balaban J connectivity index is 3.16. The Bertz CT molecular complexity index is 363. The molecule has 0 saturated heterocycles. The smallest absolute Gasteiger partial charge is 0.250 e. The number of carbonyl (C=O) groups is 1. The van der Waals surface area contributed by atoms with E-state index in [1.165, 1.54) is 6.07 Å². The monoisotopic (exact) mass is 216 g/mol. The molecule has 0 aliphatic carbocycles. The summed E-state index contributed by atoms with van der Waals surface area (Å²) in [5.41, 5.74) is 4.93. The van der Waals surface area contributed by atoms with E-state index >= 15 is 0 Å². The standard InChI is InChI=1S/C8H6ClFN2O2/c9-5-1-4(2-6(10)3-5)7(12-14)8(11)13/h1-3,7H,(H2,11,13). The highest BCUT2D eigenvalue weighted by Gasteiger charge is 2.19. The number of rotatable bonds is 3. The van der Waals surface area contributed by atoms with E-state index < -0.39 is 17.8 Å². The van der Waals surface area contributed by atoms with Crippen molar-refractivity contribution in [1.82, 2.24) is 0 Å². The number of halogens is 2. The van der Waals surface area contributed by atoms with Gasteiger partial charge in [-0.3, -0.25) is 4.79 Å². The van der Waals surface area contributed by atoms with Gasteiger partial charge in [0.1, 0.15) is 5.82 Å². The largest absolute Gasteiger partial charge is 0.367 e. The van der Waals surface area contributed by atoms with Crippen LogP contribution in [-0.4, -0.2) is 5.91 Å². The molecule has 6 heteroatoms. The van der Waals surface area contributed by atoms with Crippen LogP contribution in [0.2, 0.25) is 5.02 Å². The average molecular weight is 217 g/mol. The van der Waals surface area contributed by atoms with Crippen LogP contribution in [0.25, 0.3) is 0 Å². The number of primary amides is 1. The summed E-state index contributed by atoms with van der Waals surface area (Å²) in [6.45, 7) is 0. The lowest BCUT2D eigenvalue weighted by atomic mass is 10.1. The summed E-state index contributed by atoms with van der Waals surface area (Å²) in [6, 6.07) is 1.90. The lowest BCUT2D eigenvalue weighted by Crippen LogP contribution is -2.19. The molecule has 4 nitrogen and oxygen atoms in total. The van der Waals surface area contributed by atoms with Crippen LogP contribution in [0.1, 0.15) is 11.6 Å². The van der Waals surface area contributed by atoms with Gasteiger partial charge in [-0.25, -0.2) is 4.39 Å². The highest BCUT2D eigenvalue weighted by atomic mass is 35.5. The summed E-state index contributed by atoms with van der Waals surface area (Å²) < 4.78 is 12.8. The van der Waals surface area contributed by atoms with E-state index in [4.69, 9.17) is 17.3 Å². The number of amides is 1. The van der Waals surface area contributed by atoms with Gasteiger partial charge in [-0.1, -0.05) is 16.8 Å². The van der Waals surface area contributed by atoms with Crippen molar-refractivity contribution in [2.45, 2.75) is 6.04 Å². The molecule has 0 saturated carbocycles. The van der Waals surface area contributed by atoms with Crippen molar-refractivity contribution >= 4 is 17.5 Å². The number of hydrogen-bond acceptors (Lipinski definition) is 3. The van der Waals surface area contributed by atoms with Gasteiger partial charge < -0.3 is 5.73 Å². The van der Waals surface area contributed by atoms with Gasteiger partial charge in [0.05, 0.1) is 0 Å². The highest BCUT2D eigenvalue weighted by Crippen LogP contribution is 2.22. The van der Waals surface area contributed by atoms with E-state index in [1.54, 1.807) is 0 Å². The van der Waals surface area contributed by atoms with Crippen molar-refractivity contribution in [3.63, 3.8) is 0 Å². The van der Waals surface area contributed by atoms with Gasteiger partial charge in [-0.05, 0) is 23.8 Å². The Kier molecular flexibility index (Phi) is 3.14. The second-order valence-corrected chi connectivity index (χ2v) is 3.05. The molecular formula is C8H6ClFN2O2. The van der Waals surface area contributed by atoms with Gasteiger partial charge >= 0.3 is 0 Å².